The fourth-order valence-corrected chi connectivity index (χ4v) is 3.50. The highest BCUT2D eigenvalue weighted by Crippen LogP contribution is 2.25. The highest BCUT2D eigenvalue weighted by atomic mass is 32.1. The van der Waals surface area contributed by atoms with Gasteiger partial charge in [-0.3, -0.25) is 0 Å². The van der Waals surface area contributed by atoms with Crippen LogP contribution in [0, 0.1) is 6.92 Å². The monoisotopic (exact) mass is 338 g/mol. The number of rotatable bonds is 6. The molecule has 0 fully saturated rings. The topological polar surface area (TPSA) is 34.1 Å². The first-order valence-corrected chi connectivity index (χ1v) is 8.93. The van der Waals surface area contributed by atoms with Crippen LogP contribution in [0.4, 0.5) is 0 Å². The lowest BCUT2D eigenvalue weighted by Crippen LogP contribution is -2.18. The summed E-state index contributed by atoms with van der Waals surface area (Å²) in [5.41, 5.74) is 4.62. The standard InChI is InChI=1S/C20H22N2OS/c1-14-11-16(9-10-19(14)23-3)12-21-15(2)20-22-18(13-24-20)17-7-5-4-6-8-17/h4-11,13,15,21H,12H2,1-3H3. The molecule has 1 heterocycles. The number of hydrogen-bond acceptors (Lipinski definition) is 4. The molecule has 124 valence electrons. The summed E-state index contributed by atoms with van der Waals surface area (Å²) in [5.74, 6) is 0.930. The van der Waals surface area contributed by atoms with Gasteiger partial charge in [0, 0.05) is 17.5 Å². The molecular weight excluding hydrogens is 316 g/mol. The van der Waals surface area contributed by atoms with Gasteiger partial charge >= 0.3 is 0 Å². The van der Waals surface area contributed by atoms with E-state index in [4.69, 9.17) is 9.72 Å². The van der Waals surface area contributed by atoms with E-state index < -0.39 is 0 Å². The Labute approximate surface area is 147 Å². The number of nitrogens with zero attached hydrogens (tertiary/aromatic N) is 1. The van der Waals surface area contributed by atoms with E-state index in [1.807, 2.05) is 24.3 Å². The van der Waals surface area contributed by atoms with E-state index in [-0.39, 0.29) is 6.04 Å². The van der Waals surface area contributed by atoms with Crippen molar-refractivity contribution in [1.29, 1.82) is 0 Å². The molecule has 3 nitrogen and oxygen atoms in total. The number of thiazole rings is 1. The molecule has 4 heteroatoms. The van der Waals surface area contributed by atoms with Crippen LogP contribution < -0.4 is 10.1 Å². The van der Waals surface area contributed by atoms with E-state index in [2.05, 4.69) is 48.8 Å². The Morgan fingerprint density at radius 3 is 2.67 bits per heavy atom. The zero-order valence-electron chi connectivity index (χ0n) is 14.2. The van der Waals surface area contributed by atoms with Gasteiger partial charge in [-0.05, 0) is 31.0 Å². The minimum absolute atomic E-state index is 0.217. The SMILES string of the molecule is COc1ccc(CNC(C)c2nc(-c3ccccc3)cs2)cc1C. The first-order valence-electron chi connectivity index (χ1n) is 8.05. The number of benzene rings is 2. The molecule has 0 aliphatic heterocycles. The Bertz CT molecular complexity index is 798. The summed E-state index contributed by atoms with van der Waals surface area (Å²) in [4.78, 5) is 4.77. The maximum atomic E-state index is 5.31. The van der Waals surface area contributed by atoms with Crippen LogP contribution in [0.5, 0.6) is 5.75 Å². The first-order chi connectivity index (χ1) is 11.7. The van der Waals surface area contributed by atoms with Gasteiger partial charge in [0.25, 0.3) is 0 Å². The molecule has 0 radical (unpaired) electrons. The highest BCUT2D eigenvalue weighted by Gasteiger charge is 2.11. The zero-order chi connectivity index (χ0) is 16.9. The molecule has 3 rings (SSSR count). The quantitative estimate of drug-likeness (QED) is 0.688. The van der Waals surface area contributed by atoms with Crippen LogP contribution >= 0.6 is 11.3 Å². The van der Waals surface area contributed by atoms with Gasteiger partial charge in [0.15, 0.2) is 0 Å². The Balaban J connectivity index is 1.64. The molecule has 1 unspecified atom stereocenters. The minimum atomic E-state index is 0.217. The van der Waals surface area contributed by atoms with E-state index >= 15 is 0 Å². The van der Waals surface area contributed by atoms with Crippen LogP contribution in [0.1, 0.15) is 29.1 Å². The van der Waals surface area contributed by atoms with Crippen LogP contribution in [0.25, 0.3) is 11.3 Å². The largest absolute Gasteiger partial charge is 0.496 e. The van der Waals surface area contributed by atoms with Crippen molar-refractivity contribution in [1.82, 2.24) is 10.3 Å². The predicted octanol–water partition coefficient (Wildman–Crippen LogP) is 4.98. The highest BCUT2D eigenvalue weighted by molar-refractivity contribution is 7.10. The van der Waals surface area contributed by atoms with Crippen LogP contribution in [0.15, 0.2) is 53.9 Å². The number of hydrogen-bond donors (Lipinski definition) is 1. The fourth-order valence-electron chi connectivity index (χ4n) is 2.64. The Kier molecular flexibility index (Phi) is 5.28. The van der Waals surface area contributed by atoms with Gasteiger partial charge in [-0.1, -0.05) is 42.5 Å². The summed E-state index contributed by atoms with van der Waals surface area (Å²) >= 11 is 1.70. The molecule has 1 atom stereocenters. The van der Waals surface area contributed by atoms with E-state index in [1.54, 1.807) is 18.4 Å². The van der Waals surface area contributed by atoms with Gasteiger partial charge in [0.1, 0.15) is 10.8 Å². The van der Waals surface area contributed by atoms with Crippen molar-refractivity contribution in [2.45, 2.75) is 26.4 Å². The van der Waals surface area contributed by atoms with Gasteiger partial charge in [-0.2, -0.15) is 0 Å². The normalized spacial score (nSPS) is 12.1. The van der Waals surface area contributed by atoms with E-state index in [9.17, 15) is 0 Å². The van der Waals surface area contributed by atoms with Crippen molar-refractivity contribution in [2.24, 2.45) is 0 Å². The average molecular weight is 338 g/mol. The Hall–Kier alpha value is -2.17. The molecule has 24 heavy (non-hydrogen) atoms. The van der Waals surface area contributed by atoms with Crippen LogP contribution in [-0.4, -0.2) is 12.1 Å². The molecule has 0 spiro atoms. The summed E-state index contributed by atoms with van der Waals surface area (Å²) in [6, 6.07) is 16.8. The maximum Gasteiger partial charge on any atom is 0.121 e. The number of aryl methyl sites for hydroxylation is 1. The zero-order valence-corrected chi connectivity index (χ0v) is 15.1. The lowest BCUT2D eigenvalue weighted by atomic mass is 10.1. The number of methoxy groups -OCH3 is 1. The Morgan fingerprint density at radius 1 is 1.17 bits per heavy atom. The molecule has 2 aromatic carbocycles. The summed E-state index contributed by atoms with van der Waals surface area (Å²) in [6.07, 6.45) is 0. The molecule has 1 aromatic heterocycles. The molecule has 0 saturated heterocycles. The van der Waals surface area contributed by atoms with E-state index in [0.717, 1.165) is 34.1 Å². The molecule has 0 aliphatic carbocycles. The van der Waals surface area contributed by atoms with Crippen molar-refractivity contribution >= 4 is 11.3 Å². The van der Waals surface area contributed by atoms with Gasteiger partial charge < -0.3 is 10.1 Å². The van der Waals surface area contributed by atoms with Crippen molar-refractivity contribution in [2.75, 3.05) is 7.11 Å². The van der Waals surface area contributed by atoms with Gasteiger partial charge in [0.2, 0.25) is 0 Å². The summed E-state index contributed by atoms with van der Waals surface area (Å²) in [6.45, 7) is 5.04. The van der Waals surface area contributed by atoms with Crippen molar-refractivity contribution in [3.63, 3.8) is 0 Å². The molecule has 3 aromatic rings. The lowest BCUT2D eigenvalue weighted by Gasteiger charge is -2.12. The fraction of sp³-hybridized carbons (Fsp3) is 0.250. The number of ether oxygens (including phenoxy) is 1. The second-order valence-corrected chi connectivity index (χ2v) is 6.73. The lowest BCUT2D eigenvalue weighted by molar-refractivity contribution is 0.411. The molecule has 0 aliphatic rings. The Morgan fingerprint density at radius 2 is 1.96 bits per heavy atom. The van der Waals surface area contributed by atoms with Gasteiger partial charge in [0.05, 0.1) is 18.8 Å². The van der Waals surface area contributed by atoms with Gasteiger partial charge in [-0.25, -0.2) is 4.98 Å². The predicted molar refractivity (Wildman–Crippen MR) is 101 cm³/mol. The van der Waals surface area contributed by atoms with Gasteiger partial charge in [-0.15, -0.1) is 11.3 Å². The van der Waals surface area contributed by atoms with Crippen LogP contribution in [0.3, 0.4) is 0 Å². The third kappa shape index (κ3) is 3.83. The minimum Gasteiger partial charge on any atom is -0.496 e. The number of nitrogens with one attached hydrogen (secondary N) is 1. The summed E-state index contributed by atoms with van der Waals surface area (Å²) in [5, 5.41) is 6.79. The summed E-state index contributed by atoms with van der Waals surface area (Å²) < 4.78 is 5.31. The first kappa shape index (κ1) is 16.7. The van der Waals surface area contributed by atoms with Crippen molar-refractivity contribution < 1.29 is 4.74 Å². The van der Waals surface area contributed by atoms with Crippen molar-refractivity contribution in [3.8, 4) is 17.0 Å². The van der Waals surface area contributed by atoms with E-state index in [0.29, 0.717) is 0 Å². The third-order valence-corrected chi connectivity index (χ3v) is 5.06. The molecule has 0 amide bonds. The van der Waals surface area contributed by atoms with Crippen LogP contribution in [0.2, 0.25) is 0 Å². The maximum absolute atomic E-state index is 5.31. The number of aromatic nitrogens is 1. The second kappa shape index (κ2) is 7.60. The smallest absolute Gasteiger partial charge is 0.121 e. The molecule has 0 bridgehead atoms. The molecular formula is C20H22N2OS. The second-order valence-electron chi connectivity index (χ2n) is 5.84. The molecule has 0 saturated carbocycles. The van der Waals surface area contributed by atoms with Crippen LogP contribution in [-0.2, 0) is 6.54 Å². The van der Waals surface area contributed by atoms with Crippen molar-refractivity contribution in [3.05, 3.63) is 70.0 Å². The third-order valence-electron chi connectivity index (χ3n) is 4.03. The van der Waals surface area contributed by atoms with E-state index in [1.165, 1.54) is 5.56 Å². The average Bonchev–Trinajstić information content (AvgIpc) is 3.11. The molecule has 1 N–H and O–H groups in total. The summed E-state index contributed by atoms with van der Waals surface area (Å²) in [7, 11) is 1.70.